The molecule has 31 heavy (non-hydrogen) atoms. The first-order valence-electron chi connectivity index (χ1n) is 11.2. The summed E-state index contributed by atoms with van der Waals surface area (Å²) >= 11 is 0. The van der Waals surface area contributed by atoms with Gasteiger partial charge in [-0.1, -0.05) is 55.0 Å². The van der Waals surface area contributed by atoms with Crippen LogP contribution in [0.2, 0.25) is 0 Å². The van der Waals surface area contributed by atoms with Crippen molar-refractivity contribution < 1.29 is 0 Å². The van der Waals surface area contributed by atoms with E-state index in [1.54, 1.807) is 6.33 Å². The van der Waals surface area contributed by atoms with Crippen LogP contribution in [0.5, 0.6) is 0 Å². The van der Waals surface area contributed by atoms with Gasteiger partial charge in [-0.15, -0.1) is 0 Å². The molecule has 5 rings (SSSR count). The molecular formula is C26H29N5. The predicted octanol–water partition coefficient (Wildman–Crippen LogP) is 5.78. The van der Waals surface area contributed by atoms with Gasteiger partial charge in [0.15, 0.2) is 0 Å². The van der Waals surface area contributed by atoms with Crippen molar-refractivity contribution in [1.82, 2.24) is 19.9 Å². The molecule has 2 aromatic heterocycles. The first-order chi connectivity index (χ1) is 15.3. The highest BCUT2D eigenvalue weighted by Gasteiger charge is 2.14. The predicted molar refractivity (Wildman–Crippen MR) is 127 cm³/mol. The molecule has 2 aromatic carbocycles. The molecule has 5 heteroatoms. The number of hydrogen-bond acceptors (Lipinski definition) is 4. The van der Waals surface area contributed by atoms with Crippen LogP contribution >= 0.6 is 0 Å². The van der Waals surface area contributed by atoms with Crippen LogP contribution in [0.4, 0.5) is 5.82 Å². The van der Waals surface area contributed by atoms with Crippen molar-refractivity contribution in [1.29, 1.82) is 0 Å². The second-order valence-corrected chi connectivity index (χ2v) is 8.48. The van der Waals surface area contributed by atoms with Crippen LogP contribution in [0.1, 0.15) is 43.4 Å². The molecule has 2 N–H and O–H groups in total. The number of aromatic amines is 1. The van der Waals surface area contributed by atoms with E-state index in [4.69, 9.17) is 0 Å². The Morgan fingerprint density at radius 3 is 2.65 bits per heavy atom. The maximum Gasteiger partial charge on any atom is 0.143 e. The molecule has 1 fully saturated rings. The average molecular weight is 412 g/mol. The lowest BCUT2D eigenvalue weighted by Gasteiger charge is -2.26. The van der Waals surface area contributed by atoms with Crippen LogP contribution in [0.25, 0.3) is 22.3 Å². The molecule has 1 saturated heterocycles. The quantitative estimate of drug-likeness (QED) is 0.422. The molecular weight excluding hydrogens is 382 g/mol. The molecule has 0 unspecified atom stereocenters. The Bertz CT molecular complexity index is 1140. The average Bonchev–Trinajstić information content (AvgIpc) is 3.26. The van der Waals surface area contributed by atoms with Gasteiger partial charge in [0, 0.05) is 18.3 Å². The summed E-state index contributed by atoms with van der Waals surface area (Å²) in [6.07, 6.45) is 5.62. The normalized spacial score (nSPS) is 15.8. The summed E-state index contributed by atoms with van der Waals surface area (Å²) in [5, 5.41) is 4.57. The number of piperidine rings is 1. The fraction of sp³-hybridized carbons (Fsp3) is 0.308. The zero-order valence-corrected chi connectivity index (χ0v) is 18.0. The van der Waals surface area contributed by atoms with E-state index >= 15 is 0 Å². The number of nitrogens with one attached hydrogen (secondary N) is 2. The van der Waals surface area contributed by atoms with Gasteiger partial charge >= 0.3 is 0 Å². The lowest BCUT2D eigenvalue weighted by Crippen LogP contribution is -2.29. The number of aromatic nitrogens is 3. The third-order valence-electron chi connectivity index (χ3n) is 6.17. The number of rotatable bonds is 6. The lowest BCUT2D eigenvalue weighted by molar-refractivity contribution is 0.221. The topological polar surface area (TPSA) is 56.8 Å². The van der Waals surface area contributed by atoms with Gasteiger partial charge in [-0.2, -0.15) is 0 Å². The zero-order valence-electron chi connectivity index (χ0n) is 18.0. The minimum absolute atomic E-state index is 0.158. The van der Waals surface area contributed by atoms with Crippen LogP contribution < -0.4 is 5.32 Å². The molecule has 0 bridgehead atoms. The second kappa shape index (κ2) is 8.90. The maximum absolute atomic E-state index is 4.53. The van der Waals surface area contributed by atoms with E-state index in [-0.39, 0.29) is 6.04 Å². The first kappa shape index (κ1) is 19.8. The van der Waals surface area contributed by atoms with Crippen LogP contribution in [0.3, 0.4) is 0 Å². The lowest BCUT2D eigenvalue weighted by atomic mass is 10.1. The van der Waals surface area contributed by atoms with Crippen LogP contribution in [-0.2, 0) is 6.54 Å². The van der Waals surface area contributed by atoms with Crippen molar-refractivity contribution in [2.24, 2.45) is 0 Å². The van der Waals surface area contributed by atoms with E-state index < -0.39 is 0 Å². The Morgan fingerprint density at radius 2 is 1.81 bits per heavy atom. The number of nitrogens with zero attached hydrogens (tertiary/aromatic N) is 3. The molecule has 158 valence electrons. The Labute approximate surface area is 183 Å². The molecule has 1 atom stereocenters. The summed E-state index contributed by atoms with van der Waals surface area (Å²) in [6.45, 7) is 5.60. The van der Waals surface area contributed by atoms with Gasteiger partial charge in [0.05, 0.1) is 5.39 Å². The number of benzene rings is 2. The highest BCUT2D eigenvalue weighted by Crippen LogP contribution is 2.29. The summed E-state index contributed by atoms with van der Waals surface area (Å²) in [5.41, 5.74) is 5.71. The Kier molecular flexibility index (Phi) is 5.67. The van der Waals surface area contributed by atoms with Gasteiger partial charge < -0.3 is 10.3 Å². The minimum atomic E-state index is 0.158. The summed E-state index contributed by atoms with van der Waals surface area (Å²) in [5.74, 6) is 0.855. The van der Waals surface area contributed by atoms with Crippen molar-refractivity contribution in [3.63, 3.8) is 0 Å². The van der Waals surface area contributed by atoms with E-state index in [1.807, 2.05) is 6.07 Å². The molecule has 0 amide bonds. The molecule has 1 aliphatic heterocycles. The Morgan fingerprint density at radius 1 is 0.968 bits per heavy atom. The molecule has 0 saturated carbocycles. The van der Waals surface area contributed by atoms with Gasteiger partial charge in [0.25, 0.3) is 0 Å². The number of H-pyrrole nitrogens is 1. The summed E-state index contributed by atoms with van der Waals surface area (Å²) in [4.78, 5) is 15.0. The molecule has 0 spiro atoms. The SMILES string of the molecule is C[C@@H](Nc1ncnc2[nH]c(-c3cccc(CN4CCCCC4)c3)cc12)c1ccccc1. The van der Waals surface area contributed by atoms with Crippen molar-refractivity contribution in [3.05, 3.63) is 78.1 Å². The summed E-state index contributed by atoms with van der Waals surface area (Å²) < 4.78 is 0. The van der Waals surface area contributed by atoms with Crippen LogP contribution in [0, 0.1) is 0 Å². The standard InChI is InChI=1S/C26H29N5/c1-19(21-10-4-2-5-11-21)29-25-23-16-24(30-26(23)28-18-27-25)22-12-8-9-20(15-22)17-31-13-6-3-7-14-31/h2,4-5,8-12,15-16,18-19H,3,6-7,13-14,17H2,1H3,(H2,27,28,29,30)/t19-/m1/s1. The van der Waals surface area contributed by atoms with Gasteiger partial charge in [0.2, 0.25) is 0 Å². The Hall–Kier alpha value is -3.18. The third-order valence-corrected chi connectivity index (χ3v) is 6.17. The third kappa shape index (κ3) is 4.47. The number of likely N-dealkylation sites (tertiary alicyclic amines) is 1. The van der Waals surface area contributed by atoms with Crippen LogP contribution in [0.15, 0.2) is 67.0 Å². The van der Waals surface area contributed by atoms with E-state index in [1.165, 1.54) is 49.0 Å². The van der Waals surface area contributed by atoms with Gasteiger partial charge in [-0.05, 0) is 61.7 Å². The van der Waals surface area contributed by atoms with Crippen LogP contribution in [-0.4, -0.2) is 32.9 Å². The van der Waals surface area contributed by atoms with Crippen molar-refractivity contribution in [3.8, 4) is 11.3 Å². The van der Waals surface area contributed by atoms with E-state index in [9.17, 15) is 0 Å². The summed E-state index contributed by atoms with van der Waals surface area (Å²) in [6, 6.07) is 21.6. The zero-order chi connectivity index (χ0) is 21.0. The van der Waals surface area contributed by atoms with E-state index in [2.05, 4.69) is 86.7 Å². The van der Waals surface area contributed by atoms with Crippen molar-refractivity contribution >= 4 is 16.9 Å². The number of hydrogen-bond donors (Lipinski definition) is 2. The summed E-state index contributed by atoms with van der Waals surface area (Å²) in [7, 11) is 0. The molecule has 4 aromatic rings. The highest BCUT2D eigenvalue weighted by molar-refractivity contribution is 5.91. The van der Waals surface area contributed by atoms with Gasteiger partial charge in [0.1, 0.15) is 17.8 Å². The minimum Gasteiger partial charge on any atom is -0.363 e. The smallest absolute Gasteiger partial charge is 0.143 e. The Balaban J connectivity index is 1.40. The largest absolute Gasteiger partial charge is 0.363 e. The maximum atomic E-state index is 4.53. The monoisotopic (exact) mass is 411 g/mol. The fourth-order valence-corrected chi connectivity index (χ4v) is 4.45. The number of anilines is 1. The molecule has 3 heterocycles. The second-order valence-electron chi connectivity index (χ2n) is 8.48. The molecule has 5 nitrogen and oxygen atoms in total. The van der Waals surface area contributed by atoms with Crippen molar-refractivity contribution in [2.75, 3.05) is 18.4 Å². The van der Waals surface area contributed by atoms with Gasteiger partial charge in [-0.25, -0.2) is 9.97 Å². The highest BCUT2D eigenvalue weighted by atomic mass is 15.1. The van der Waals surface area contributed by atoms with E-state index in [0.717, 1.165) is 29.1 Å². The van der Waals surface area contributed by atoms with Crippen molar-refractivity contribution in [2.45, 2.75) is 38.8 Å². The first-order valence-corrected chi connectivity index (χ1v) is 11.2. The molecule has 0 radical (unpaired) electrons. The molecule has 1 aliphatic rings. The number of fused-ring (bicyclic) bond motifs is 1. The van der Waals surface area contributed by atoms with Gasteiger partial charge in [-0.3, -0.25) is 4.90 Å². The van der Waals surface area contributed by atoms with E-state index in [0.29, 0.717) is 0 Å². The molecule has 0 aliphatic carbocycles. The fourth-order valence-electron chi connectivity index (χ4n) is 4.45.